The first-order valence-corrected chi connectivity index (χ1v) is 7.40. The summed E-state index contributed by atoms with van der Waals surface area (Å²) in [5.41, 5.74) is 0.549. The molecule has 1 saturated heterocycles. The van der Waals surface area contributed by atoms with E-state index < -0.39 is 5.60 Å². The largest absolute Gasteiger partial charge is 0.389 e. The number of benzene rings is 1. The first kappa shape index (κ1) is 13.5. The Kier molecular flexibility index (Phi) is 3.48. The van der Waals surface area contributed by atoms with Gasteiger partial charge in [0.15, 0.2) is 0 Å². The summed E-state index contributed by atoms with van der Waals surface area (Å²) in [6.45, 7) is 0.889. The maximum Gasteiger partial charge on any atom is 0.269 e. The number of quaternary nitrogens is 1. The molecule has 1 aliphatic heterocycles. The molecule has 5 nitrogen and oxygen atoms in total. The van der Waals surface area contributed by atoms with Crippen LogP contribution in [-0.2, 0) is 0 Å². The van der Waals surface area contributed by atoms with Gasteiger partial charge in [-0.2, -0.15) is 0 Å². The number of nitro benzene ring substituents is 1. The van der Waals surface area contributed by atoms with Gasteiger partial charge in [-0.3, -0.25) is 10.1 Å². The van der Waals surface area contributed by atoms with Crippen LogP contribution in [0.15, 0.2) is 24.3 Å². The van der Waals surface area contributed by atoms with Gasteiger partial charge >= 0.3 is 0 Å². The first-order valence-electron chi connectivity index (χ1n) is 7.40. The Morgan fingerprint density at radius 3 is 3.00 bits per heavy atom. The van der Waals surface area contributed by atoms with Crippen molar-refractivity contribution >= 4 is 5.69 Å². The third kappa shape index (κ3) is 2.31. The zero-order chi connectivity index (χ0) is 14.2. The van der Waals surface area contributed by atoms with Crippen LogP contribution in [0, 0.1) is 16.0 Å². The summed E-state index contributed by atoms with van der Waals surface area (Å²) in [4.78, 5) is 10.6. The molecule has 5 heteroatoms. The van der Waals surface area contributed by atoms with Crippen molar-refractivity contribution in [1.29, 1.82) is 0 Å². The van der Waals surface area contributed by atoms with E-state index in [0.29, 0.717) is 0 Å². The fourth-order valence-electron chi connectivity index (χ4n) is 3.96. The number of non-ortho nitro benzene ring substituents is 1. The van der Waals surface area contributed by atoms with Gasteiger partial charge in [-0.25, -0.2) is 0 Å². The lowest BCUT2D eigenvalue weighted by Crippen LogP contribution is -2.91. The Morgan fingerprint density at radius 1 is 1.35 bits per heavy atom. The Hall–Kier alpha value is -1.46. The minimum Gasteiger partial charge on any atom is -0.389 e. The molecule has 3 N–H and O–H groups in total. The quantitative estimate of drug-likeness (QED) is 0.635. The van der Waals surface area contributed by atoms with Gasteiger partial charge in [0.2, 0.25) is 0 Å². The molecule has 3 rings (SSSR count). The molecular weight excluding hydrogens is 256 g/mol. The summed E-state index contributed by atoms with van der Waals surface area (Å²) < 4.78 is 0. The average Bonchev–Trinajstić information content (AvgIpc) is 2.46. The first-order chi connectivity index (χ1) is 9.60. The van der Waals surface area contributed by atoms with Gasteiger partial charge in [0.05, 0.1) is 17.1 Å². The highest BCUT2D eigenvalue weighted by atomic mass is 16.6. The summed E-state index contributed by atoms with van der Waals surface area (Å²) in [5, 5.41) is 24.0. The minimum atomic E-state index is -0.567. The molecule has 3 atom stereocenters. The highest BCUT2D eigenvalue weighted by molar-refractivity contribution is 5.35. The van der Waals surface area contributed by atoms with Crippen LogP contribution in [0.2, 0.25) is 0 Å². The molecule has 0 spiro atoms. The van der Waals surface area contributed by atoms with Gasteiger partial charge < -0.3 is 10.4 Å². The number of hydrogen-bond acceptors (Lipinski definition) is 3. The van der Waals surface area contributed by atoms with Gasteiger partial charge in [0.1, 0.15) is 6.04 Å². The van der Waals surface area contributed by atoms with Crippen molar-refractivity contribution in [1.82, 2.24) is 0 Å². The van der Waals surface area contributed by atoms with E-state index in [1.54, 1.807) is 12.1 Å². The van der Waals surface area contributed by atoms with Crippen LogP contribution in [0.1, 0.15) is 43.7 Å². The number of aliphatic hydroxyl groups is 1. The van der Waals surface area contributed by atoms with Gasteiger partial charge in [-0.05, 0) is 12.8 Å². The number of rotatable bonds is 2. The van der Waals surface area contributed by atoms with Crippen molar-refractivity contribution < 1.29 is 15.3 Å². The predicted molar refractivity (Wildman–Crippen MR) is 74.2 cm³/mol. The molecule has 1 aliphatic carbocycles. The van der Waals surface area contributed by atoms with Crippen molar-refractivity contribution in [2.75, 3.05) is 6.54 Å². The summed E-state index contributed by atoms with van der Waals surface area (Å²) in [6.07, 6.45) is 4.96. The van der Waals surface area contributed by atoms with Gasteiger partial charge in [0.25, 0.3) is 5.69 Å². The smallest absolute Gasteiger partial charge is 0.269 e. The highest BCUT2D eigenvalue weighted by Crippen LogP contribution is 2.43. The standard InChI is InChI=1S/C15H20N2O3/c18-15-7-2-1-6-13(15)14(16-9-8-15)11-4-3-5-12(10-11)17(19)20/h3-5,10,13-14,16,18H,1-2,6-9H2/p+1/t13-,14+,15-/m0/s1. The second-order valence-corrected chi connectivity index (χ2v) is 6.11. The van der Waals surface area contributed by atoms with Crippen molar-refractivity contribution in [3.8, 4) is 0 Å². The lowest BCUT2D eigenvalue weighted by molar-refractivity contribution is -0.719. The van der Waals surface area contributed by atoms with Crippen LogP contribution < -0.4 is 5.32 Å². The molecule has 0 radical (unpaired) electrons. The Bertz CT molecular complexity index is 516. The van der Waals surface area contributed by atoms with Crippen LogP contribution in [0.4, 0.5) is 5.69 Å². The summed E-state index contributed by atoms with van der Waals surface area (Å²) in [5.74, 6) is 0.215. The lowest BCUT2D eigenvalue weighted by Gasteiger charge is -2.46. The molecule has 2 aliphatic rings. The summed E-state index contributed by atoms with van der Waals surface area (Å²) in [6, 6.07) is 7.04. The third-order valence-electron chi connectivity index (χ3n) is 4.96. The fraction of sp³-hybridized carbons (Fsp3) is 0.600. The molecule has 2 fully saturated rings. The zero-order valence-corrected chi connectivity index (χ0v) is 11.5. The molecule has 20 heavy (non-hydrogen) atoms. The second-order valence-electron chi connectivity index (χ2n) is 6.11. The number of nitrogens with zero attached hydrogens (tertiary/aromatic N) is 1. The van der Waals surface area contributed by atoms with Gasteiger partial charge in [0, 0.05) is 30.0 Å². The van der Waals surface area contributed by atoms with Crippen molar-refractivity contribution in [2.24, 2.45) is 5.92 Å². The molecule has 1 aromatic rings. The summed E-state index contributed by atoms with van der Waals surface area (Å²) >= 11 is 0. The number of fused-ring (bicyclic) bond motifs is 1. The van der Waals surface area contributed by atoms with E-state index in [4.69, 9.17) is 0 Å². The molecule has 0 bridgehead atoms. The fourth-order valence-corrected chi connectivity index (χ4v) is 3.96. The van der Waals surface area contributed by atoms with Crippen LogP contribution >= 0.6 is 0 Å². The minimum absolute atomic E-state index is 0.140. The Balaban J connectivity index is 1.92. The molecule has 0 unspecified atom stereocenters. The number of nitrogens with two attached hydrogens (primary N) is 1. The van der Waals surface area contributed by atoms with E-state index in [2.05, 4.69) is 5.32 Å². The maximum atomic E-state index is 10.9. The molecular formula is C15H21N2O3+. The summed E-state index contributed by atoms with van der Waals surface area (Å²) in [7, 11) is 0. The van der Waals surface area contributed by atoms with Gasteiger partial charge in [-0.15, -0.1) is 0 Å². The predicted octanol–water partition coefficient (Wildman–Crippen LogP) is 1.52. The van der Waals surface area contributed by atoms with Crippen molar-refractivity contribution in [3.05, 3.63) is 39.9 Å². The Labute approximate surface area is 118 Å². The molecule has 0 aromatic heterocycles. The number of hydrogen-bond donors (Lipinski definition) is 2. The highest BCUT2D eigenvalue weighted by Gasteiger charge is 2.48. The molecule has 0 amide bonds. The third-order valence-corrected chi connectivity index (χ3v) is 4.96. The van der Waals surface area contributed by atoms with E-state index in [9.17, 15) is 15.2 Å². The van der Waals surface area contributed by atoms with Gasteiger partial charge in [-0.1, -0.05) is 25.0 Å². The van der Waals surface area contributed by atoms with Crippen LogP contribution in [0.25, 0.3) is 0 Å². The normalized spacial score (nSPS) is 33.5. The maximum absolute atomic E-state index is 10.9. The average molecular weight is 277 g/mol. The Morgan fingerprint density at radius 2 is 2.20 bits per heavy atom. The second kappa shape index (κ2) is 5.14. The van der Waals surface area contributed by atoms with Crippen molar-refractivity contribution in [3.63, 3.8) is 0 Å². The van der Waals surface area contributed by atoms with E-state index in [0.717, 1.165) is 44.2 Å². The lowest BCUT2D eigenvalue weighted by atomic mass is 9.67. The van der Waals surface area contributed by atoms with Crippen LogP contribution in [0.5, 0.6) is 0 Å². The van der Waals surface area contributed by atoms with Crippen molar-refractivity contribution in [2.45, 2.75) is 43.7 Å². The van der Waals surface area contributed by atoms with E-state index in [-0.39, 0.29) is 22.6 Å². The number of piperidine rings is 1. The molecule has 1 saturated carbocycles. The SMILES string of the molecule is O=[N+]([O-])c1cccc([C@H]2[NH2+]CC[C@@]3(O)CCCC[C@@H]23)c1. The number of nitro groups is 1. The van der Waals surface area contributed by atoms with E-state index in [1.807, 2.05) is 6.07 Å². The van der Waals surface area contributed by atoms with Crippen LogP contribution in [0.3, 0.4) is 0 Å². The monoisotopic (exact) mass is 277 g/mol. The van der Waals surface area contributed by atoms with Crippen LogP contribution in [-0.4, -0.2) is 22.2 Å². The molecule has 1 heterocycles. The molecule has 108 valence electrons. The topological polar surface area (TPSA) is 80.0 Å². The van der Waals surface area contributed by atoms with E-state index >= 15 is 0 Å². The zero-order valence-electron chi connectivity index (χ0n) is 11.5. The molecule has 1 aromatic carbocycles. The van der Waals surface area contributed by atoms with E-state index in [1.165, 1.54) is 6.07 Å².